The summed E-state index contributed by atoms with van der Waals surface area (Å²) in [5, 5.41) is 0. The van der Waals surface area contributed by atoms with E-state index >= 15 is 0 Å². The fourth-order valence-corrected chi connectivity index (χ4v) is 5.54. The van der Waals surface area contributed by atoms with Gasteiger partial charge in [0, 0.05) is 12.8 Å². The zero-order chi connectivity index (χ0) is 28.1. The molecule has 0 saturated heterocycles. The molecular formula is C36H58O4. The third-order valence-corrected chi connectivity index (χ3v) is 8.70. The van der Waals surface area contributed by atoms with Gasteiger partial charge in [-0.3, -0.25) is 9.59 Å². The lowest BCUT2D eigenvalue weighted by Crippen LogP contribution is -2.05. The summed E-state index contributed by atoms with van der Waals surface area (Å²) in [7, 11) is 0. The van der Waals surface area contributed by atoms with Crippen molar-refractivity contribution in [3.05, 3.63) is 35.4 Å². The molecular weight excluding hydrogens is 496 g/mol. The summed E-state index contributed by atoms with van der Waals surface area (Å²) in [4.78, 5) is 24.1. The topological polar surface area (TPSA) is 52.6 Å². The van der Waals surface area contributed by atoms with Crippen molar-refractivity contribution < 1.29 is 19.1 Å². The highest BCUT2D eigenvalue weighted by Crippen LogP contribution is 2.34. The molecule has 0 spiro atoms. The SMILES string of the molecule is O=C(CCCCCCCCCCC1CC1)OCc1ccc(COC(=O)CCCCCCCCCCC2CC2)cc1. The van der Waals surface area contributed by atoms with Gasteiger partial charge < -0.3 is 9.47 Å². The summed E-state index contributed by atoms with van der Waals surface area (Å²) in [6.07, 6.45) is 30.0. The number of benzene rings is 1. The molecule has 2 fully saturated rings. The Balaban J connectivity index is 1.08. The molecule has 1 aromatic carbocycles. The average Bonchev–Trinajstić information content (AvgIpc) is 3.89. The zero-order valence-electron chi connectivity index (χ0n) is 25.5. The van der Waals surface area contributed by atoms with Gasteiger partial charge in [-0.15, -0.1) is 0 Å². The number of ether oxygens (including phenoxy) is 2. The minimum Gasteiger partial charge on any atom is -0.461 e. The second kappa shape index (κ2) is 20.9. The van der Waals surface area contributed by atoms with Gasteiger partial charge in [-0.1, -0.05) is 153 Å². The van der Waals surface area contributed by atoms with E-state index in [1.54, 1.807) is 0 Å². The Kier molecular flexibility index (Phi) is 17.1. The van der Waals surface area contributed by atoms with Gasteiger partial charge in [0.2, 0.25) is 0 Å². The maximum Gasteiger partial charge on any atom is 0.306 e. The Morgan fingerprint density at radius 1 is 0.475 bits per heavy atom. The van der Waals surface area contributed by atoms with Crippen molar-refractivity contribution in [3.63, 3.8) is 0 Å². The molecule has 2 aliphatic carbocycles. The average molecular weight is 555 g/mol. The van der Waals surface area contributed by atoms with E-state index in [0.717, 1.165) is 48.6 Å². The molecule has 0 radical (unpaired) electrons. The lowest BCUT2D eigenvalue weighted by molar-refractivity contribution is -0.146. The summed E-state index contributed by atoms with van der Waals surface area (Å²) in [6.45, 7) is 0.612. The first kappa shape index (κ1) is 32.7. The van der Waals surface area contributed by atoms with Gasteiger partial charge in [-0.05, 0) is 35.8 Å². The molecule has 0 amide bonds. The lowest BCUT2D eigenvalue weighted by Gasteiger charge is -2.08. The standard InChI is InChI=1S/C36H58O4/c37-35(19-15-11-7-3-1-5-9-13-17-31-21-22-31)39-29-33-25-27-34(28-26-33)30-40-36(38)20-16-12-8-4-2-6-10-14-18-32-23-24-32/h25-28,31-32H,1-24,29-30H2. The van der Waals surface area contributed by atoms with Crippen LogP contribution >= 0.6 is 0 Å². The fourth-order valence-electron chi connectivity index (χ4n) is 5.54. The molecule has 4 nitrogen and oxygen atoms in total. The highest BCUT2D eigenvalue weighted by atomic mass is 16.5. The predicted molar refractivity (Wildman–Crippen MR) is 164 cm³/mol. The van der Waals surface area contributed by atoms with Gasteiger partial charge in [0.05, 0.1) is 0 Å². The van der Waals surface area contributed by atoms with Crippen LogP contribution in [-0.4, -0.2) is 11.9 Å². The van der Waals surface area contributed by atoms with Gasteiger partial charge in [-0.25, -0.2) is 0 Å². The first-order valence-corrected chi connectivity index (χ1v) is 17.1. The Labute approximate surface area is 245 Å². The van der Waals surface area contributed by atoms with Gasteiger partial charge in [-0.2, -0.15) is 0 Å². The van der Waals surface area contributed by atoms with Crippen LogP contribution in [0.2, 0.25) is 0 Å². The number of carbonyl (C=O) groups excluding carboxylic acids is 2. The molecule has 0 aromatic heterocycles. The van der Waals surface area contributed by atoms with Crippen LogP contribution in [0.25, 0.3) is 0 Å². The first-order chi connectivity index (χ1) is 19.7. The molecule has 0 bridgehead atoms. The van der Waals surface area contributed by atoms with Gasteiger partial charge in [0.15, 0.2) is 0 Å². The van der Waals surface area contributed by atoms with E-state index in [1.165, 1.54) is 116 Å². The quantitative estimate of drug-likeness (QED) is 0.0844. The van der Waals surface area contributed by atoms with Gasteiger partial charge in [0.1, 0.15) is 13.2 Å². The molecule has 226 valence electrons. The largest absolute Gasteiger partial charge is 0.461 e. The van der Waals surface area contributed by atoms with E-state index in [9.17, 15) is 9.59 Å². The molecule has 0 heterocycles. The van der Waals surface area contributed by atoms with E-state index in [0.29, 0.717) is 26.1 Å². The first-order valence-electron chi connectivity index (χ1n) is 17.1. The molecule has 2 saturated carbocycles. The Morgan fingerprint density at radius 3 is 1.10 bits per heavy atom. The monoisotopic (exact) mass is 554 g/mol. The van der Waals surface area contributed by atoms with E-state index in [-0.39, 0.29) is 11.9 Å². The number of esters is 2. The highest BCUT2D eigenvalue weighted by molar-refractivity contribution is 5.69. The van der Waals surface area contributed by atoms with E-state index in [1.807, 2.05) is 24.3 Å². The molecule has 0 unspecified atom stereocenters. The van der Waals surface area contributed by atoms with Gasteiger partial charge in [0.25, 0.3) is 0 Å². The van der Waals surface area contributed by atoms with Crippen molar-refractivity contribution in [1.29, 1.82) is 0 Å². The molecule has 2 aliphatic rings. The lowest BCUT2D eigenvalue weighted by atomic mass is 10.1. The molecule has 0 N–H and O–H groups in total. The minimum atomic E-state index is -0.109. The summed E-state index contributed by atoms with van der Waals surface area (Å²) in [5.41, 5.74) is 1.93. The minimum absolute atomic E-state index is 0.109. The highest BCUT2D eigenvalue weighted by Gasteiger charge is 2.20. The summed E-state index contributed by atoms with van der Waals surface area (Å²) < 4.78 is 10.9. The van der Waals surface area contributed by atoms with E-state index in [4.69, 9.17) is 9.47 Å². The van der Waals surface area contributed by atoms with Crippen LogP contribution < -0.4 is 0 Å². The van der Waals surface area contributed by atoms with E-state index < -0.39 is 0 Å². The fraction of sp³-hybridized carbons (Fsp3) is 0.778. The molecule has 3 rings (SSSR count). The summed E-state index contributed by atoms with van der Waals surface area (Å²) in [6, 6.07) is 7.81. The Bertz CT molecular complexity index is 727. The predicted octanol–water partition coefficient (Wildman–Crippen LogP) is 10.4. The Hall–Kier alpha value is -1.84. The summed E-state index contributed by atoms with van der Waals surface area (Å²) in [5.74, 6) is 1.93. The van der Waals surface area contributed by atoms with Crippen molar-refractivity contribution in [3.8, 4) is 0 Å². The number of hydrogen-bond acceptors (Lipinski definition) is 4. The summed E-state index contributed by atoms with van der Waals surface area (Å²) >= 11 is 0. The van der Waals surface area contributed by atoms with Crippen LogP contribution in [0.5, 0.6) is 0 Å². The van der Waals surface area contributed by atoms with Crippen molar-refractivity contribution in [2.75, 3.05) is 0 Å². The Morgan fingerprint density at radius 2 is 0.775 bits per heavy atom. The van der Waals surface area contributed by atoms with Crippen LogP contribution in [0.15, 0.2) is 24.3 Å². The number of carbonyl (C=O) groups is 2. The smallest absolute Gasteiger partial charge is 0.306 e. The molecule has 0 aliphatic heterocycles. The van der Waals surface area contributed by atoms with Gasteiger partial charge >= 0.3 is 11.9 Å². The van der Waals surface area contributed by atoms with Crippen LogP contribution in [0.4, 0.5) is 0 Å². The van der Waals surface area contributed by atoms with Crippen molar-refractivity contribution in [2.24, 2.45) is 11.8 Å². The number of hydrogen-bond donors (Lipinski definition) is 0. The van der Waals surface area contributed by atoms with Crippen LogP contribution in [0, 0.1) is 11.8 Å². The maximum absolute atomic E-state index is 12.1. The molecule has 40 heavy (non-hydrogen) atoms. The third-order valence-electron chi connectivity index (χ3n) is 8.70. The van der Waals surface area contributed by atoms with Crippen LogP contribution in [-0.2, 0) is 32.3 Å². The number of unbranched alkanes of at least 4 members (excludes halogenated alkanes) is 14. The van der Waals surface area contributed by atoms with Crippen molar-refractivity contribution in [1.82, 2.24) is 0 Å². The van der Waals surface area contributed by atoms with Crippen molar-refractivity contribution in [2.45, 2.75) is 167 Å². The molecule has 0 atom stereocenters. The van der Waals surface area contributed by atoms with Crippen LogP contribution in [0.1, 0.15) is 165 Å². The normalized spacial score (nSPS) is 14.8. The molecule has 4 heteroatoms. The second-order valence-corrected chi connectivity index (χ2v) is 12.8. The molecule has 1 aromatic rings. The zero-order valence-corrected chi connectivity index (χ0v) is 25.5. The second-order valence-electron chi connectivity index (χ2n) is 12.8. The van der Waals surface area contributed by atoms with Crippen molar-refractivity contribution >= 4 is 11.9 Å². The van der Waals surface area contributed by atoms with E-state index in [2.05, 4.69) is 0 Å². The third kappa shape index (κ3) is 17.8. The maximum atomic E-state index is 12.1. The number of rotatable bonds is 26. The van der Waals surface area contributed by atoms with Crippen LogP contribution in [0.3, 0.4) is 0 Å².